The largest absolute Gasteiger partial charge is 0.416 e. The number of hydrogen-bond donors (Lipinski definition) is 1. The fourth-order valence-electron chi connectivity index (χ4n) is 1.31. The fraction of sp³-hybridized carbons (Fsp3) is 0.333. The Bertz CT molecular complexity index is 367. The molecule has 4 heteroatoms. The molecule has 1 aromatic carbocycles. The second-order valence-corrected chi connectivity index (χ2v) is 3.85. The van der Waals surface area contributed by atoms with Gasteiger partial charge in [0.05, 0.1) is 12.2 Å². The quantitative estimate of drug-likeness (QED) is 0.791. The Balaban J connectivity index is 3.08. The number of halogens is 3. The van der Waals surface area contributed by atoms with Crippen LogP contribution in [-0.4, -0.2) is 11.7 Å². The third kappa shape index (κ3) is 2.44. The van der Waals surface area contributed by atoms with E-state index in [0.29, 0.717) is 5.56 Å². The molecule has 1 N–H and O–H groups in total. The van der Waals surface area contributed by atoms with Gasteiger partial charge in [-0.2, -0.15) is 13.2 Å². The molecule has 0 aliphatic rings. The van der Waals surface area contributed by atoms with Gasteiger partial charge in [-0.05, 0) is 24.6 Å². The van der Waals surface area contributed by atoms with E-state index in [2.05, 4.69) is 6.58 Å². The second-order valence-electron chi connectivity index (χ2n) is 3.85. The van der Waals surface area contributed by atoms with Crippen molar-refractivity contribution in [2.45, 2.75) is 18.5 Å². The first-order valence-corrected chi connectivity index (χ1v) is 4.76. The summed E-state index contributed by atoms with van der Waals surface area (Å²) in [5, 5.41) is 9.17. The van der Waals surface area contributed by atoms with Gasteiger partial charge in [0.15, 0.2) is 0 Å². The van der Waals surface area contributed by atoms with Gasteiger partial charge in [-0.1, -0.05) is 18.2 Å². The van der Waals surface area contributed by atoms with Crippen LogP contribution in [0.5, 0.6) is 0 Å². The predicted molar refractivity (Wildman–Crippen MR) is 56.1 cm³/mol. The summed E-state index contributed by atoms with van der Waals surface area (Å²) in [4.78, 5) is 0. The lowest BCUT2D eigenvalue weighted by Gasteiger charge is -2.23. The zero-order chi connectivity index (χ0) is 12.4. The number of rotatable bonds is 3. The van der Waals surface area contributed by atoms with Crippen LogP contribution in [0.4, 0.5) is 13.2 Å². The minimum absolute atomic E-state index is 0.193. The van der Waals surface area contributed by atoms with Crippen LogP contribution in [0.2, 0.25) is 0 Å². The SMILES string of the molecule is C=C[C@@](C)(CO)c1ccc(C(F)(F)F)cc1. The van der Waals surface area contributed by atoms with Crippen molar-refractivity contribution < 1.29 is 18.3 Å². The van der Waals surface area contributed by atoms with Crippen LogP contribution in [0.25, 0.3) is 0 Å². The van der Waals surface area contributed by atoms with Crippen molar-refractivity contribution in [2.24, 2.45) is 0 Å². The lowest BCUT2D eigenvalue weighted by molar-refractivity contribution is -0.137. The Kier molecular flexibility index (Phi) is 3.43. The minimum atomic E-state index is -4.33. The van der Waals surface area contributed by atoms with Crippen LogP contribution in [0.15, 0.2) is 36.9 Å². The molecule has 0 amide bonds. The summed E-state index contributed by atoms with van der Waals surface area (Å²) in [6.07, 6.45) is -2.81. The van der Waals surface area contributed by atoms with E-state index in [4.69, 9.17) is 0 Å². The summed E-state index contributed by atoms with van der Waals surface area (Å²) in [6.45, 7) is 5.09. The van der Waals surface area contributed by atoms with Crippen LogP contribution >= 0.6 is 0 Å². The van der Waals surface area contributed by atoms with E-state index in [-0.39, 0.29) is 6.61 Å². The molecule has 0 aliphatic carbocycles. The Hall–Kier alpha value is -1.29. The fourth-order valence-corrected chi connectivity index (χ4v) is 1.31. The van der Waals surface area contributed by atoms with Gasteiger partial charge in [0, 0.05) is 5.41 Å². The summed E-state index contributed by atoms with van der Waals surface area (Å²) in [5.74, 6) is 0. The molecule has 0 heterocycles. The monoisotopic (exact) mass is 230 g/mol. The van der Waals surface area contributed by atoms with E-state index in [1.54, 1.807) is 6.92 Å². The molecule has 88 valence electrons. The predicted octanol–water partition coefficient (Wildman–Crippen LogP) is 3.14. The topological polar surface area (TPSA) is 20.2 Å². The summed E-state index contributed by atoms with van der Waals surface area (Å²) < 4.78 is 36.9. The maximum absolute atomic E-state index is 12.3. The van der Waals surface area contributed by atoms with Crippen molar-refractivity contribution in [3.63, 3.8) is 0 Å². The summed E-state index contributed by atoms with van der Waals surface area (Å²) in [7, 11) is 0. The van der Waals surface area contributed by atoms with Gasteiger partial charge in [-0.3, -0.25) is 0 Å². The van der Waals surface area contributed by atoms with Gasteiger partial charge in [0.25, 0.3) is 0 Å². The number of hydrogen-bond acceptors (Lipinski definition) is 1. The Labute approximate surface area is 92.2 Å². The Morgan fingerprint density at radius 3 is 1.94 bits per heavy atom. The van der Waals surface area contributed by atoms with Crippen molar-refractivity contribution >= 4 is 0 Å². The first-order valence-electron chi connectivity index (χ1n) is 4.76. The summed E-state index contributed by atoms with van der Waals surface area (Å²) in [6, 6.07) is 4.74. The molecule has 0 aliphatic heterocycles. The molecule has 0 aromatic heterocycles. The molecular formula is C12H13F3O. The zero-order valence-electron chi connectivity index (χ0n) is 8.88. The highest BCUT2D eigenvalue weighted by Gasteiger charge is 2.31. The van der Waals surface area contributed by atoms with Gasteiger partial charge >= 0.3 is 6.18 Å². The number of aliphatic hydroxyl groups is 1. The molecule has 0 radical (unpaired) electrons. The highest BCUT2D eigenvalue weighted by Crippen LogP contribution is 2.31. The smallest absolute Gasteiger partial charge is 0.395 e. The Morgan fingerprint density at radius 2 is 1.62 bits per heavy atom. The van der Waals surface area contributed by atoms with Gasteiger partial charge < -0.3 is 5.11 Å². The lowest BCUT2D eigenvalue weighted by atomic mass is 9.83. The van der Waals surface area contributed by atoms with E-state index >= 15 is 0 Å². The molecule has 0 unspecified atom stereocenters. The average molecular weight is 230 g/mol. The number of aliphatic hydroxyl groups excluding tert-OH is 1. The maximum atomic E-state index is 12.3. The highest BCUT2D eigenvalue weighted by molar-refractivity contribution is 5.33. The summed E-state index contributed by atoms with van der Waals surface area (Å²) in [5.41, 5.74) is -0.789. The minimum Gasteiger partial charge on any atom is -0.395 e. The van der Waals surface area contributed by atoms with E-state index in [0.717, 1.165) is 12.1 Å². The van der Waals surface area contributed by atoms with Gasteiger partial charge in [0.2, 0.25) is 0 Å². The van der Waals surface area contributed by atoms with Crippen molar-refractivity contribution in [1.29, 1.82) is 0 Å². The van der Waals surface area contributed by atoms with E-state index in [9.17, 15) is 18.3 Å². The molecule has 1 atom stereocenters. The van der Waals surface area contributed by atoms with Crippen molar-refractivity contribution in [3.8, 4) is 0 Å². The van der Waals surface area contributed by atoms with Gasteiger partial charge in [-0.15, -0.1) is 6.58 Å². The van der Waals surface area contributed by atoms with Crippen LogP contribution in [-0.2, 0) is 11.6 Å². The molecule has 0 saturated carbocycles. The molecule has 1 aromatic rings. The third-order valence-corrected chi connectivity index (χ3v) is 2.65. The lowest BCUT2D eigenvalue weighted by Crippen LogP contribution is -2.23. The Morgan fingerprint density at radius 1 is 1.19 bits per heavy atom. The molecule has 0 spiro atoms. The number of alkyl halides is 3. The zero-order valence-corrected chi connectivity index (χ0v) is 8.88. The molecule has 0 saturated heterocycles. The third-order valence-electron chi connectivity index (χ3n) is 2.65. The maximum Gasteiger partial charge on any atom is 0.416 e. The van der Waals surface area contributed by atoms with Crippen molar-refractivity contribution in [3.05, 3.63) is 48.0 Å². The van der Waals surface area contributed by atoms with Gasteiger partial charge in [0.1, 0.15) is 0 Å². The molecule has 16 heavy (non-hydrogen) atoms. The number of benzene rings is 1. The average Bonchev–Trinajstić information content (AvgIpc) is 2.27. The first kappa shape index (κ1) is 12.8. The van der Waals surface area contributed by atoms with Crippen LogP contribution in [0, 0.1) is 0 Å². The molecule has 0 fully saturated rings. The van der Waals surface area contributed by atoms with Crippen molar-refractivity contribution in [2.75, 3.05) is 6.61 Å². The molecule has 1 rings (SSSR count). The van der Waals surface area contributed by atoms with Crippen LogP contribution in [0.1, 0.15) is 18.1 Å². The van der Waals surface area contributed by atoms with E-state index in [1.807, 2.05) is 0 Å². The van der Waals surface area contributed by atoms with Gasteiger partial charge in [-0.25, -0.2) is 0 Å². The van der Waals surface area contributed by atoms with E-state index < -0.39 is 17.2 Å². The first-order chi connectivity index (χ1) is 7.33. The normalized spacial score (nSPS) is 15.6. The van der Waals surface area contributed by atoms with Crippen LogP contribution < -0.4 is 0 Å². The molecular weight excluding hydrogens is 217 g/mol. The highest BCUT2D eigenvalue weighted by atomic mass is 19.4. The molecule has 1 nitrogen and oxygen atoms in total. The van der Waals surface area contributed by atoms with Crippen molar-refractivity contribution in [1.82, 2.24) is 0 Å². The second kappa shape index (κ2) is 4.29. The van der Waals surface area contributed by atoms with E-state index in [1.165, 1.54) is 18.2 Å². The summed E-state index contributed by atoms with van der Waals surface area (Å²) >= 11 is 0. The molecule has 0 bridgehead atoms. The van der Waals surface area contributed by atoms with Crippen LogP contribution in [0.3, 0.4) is 0 Å². The standard InChI is InChI=1S/C12H13F3O/c1-3-11(2,8-16)9-4-6-10(7-5-9)12(13,14)15/h3-7,16H,1,8H2,2H3/t11-/m0/s1.